The van der Waals surface area contributed by atoms with Gasteiger partial charge in [-0.2, -0.15) is 0 Å². The molecule has 2 rings (SSSR count). The number of non-ortho nitro benzene ring substituents is 1. The zero-order valence-electron chi connectivity index (χ0n) is 11.5. The summed E-state index contributed by atoms with van der Waals surface area (Å²) in [5.41, 5.74) is 2.59. The first-order valence-corrected chi connectivity index (χ1v) is 7.00. The Kier molecular flexibility index (Phi) is 4.37. The lowest BCUT2D eigenvalue weighted by Gasteiger charge is -2.10. The van der Waals surface area contributed by atoms with Crippen molar-refractivity contribution in [2.75, 3.05) is 5.32 Å². The Bertz CT molecular complexity index is 729. The number of carbonyl (C=O) groups is 1. The van der Waals surface area contributed by atoms with Crippen molar-refractivity contribution < 1.29 is 9.72 Å². The minimum absolute atomic E-state index is 0.0253. The fourth-order valence-corrected chi connectivity index (χ4v) is 2.30. The van der Waals surface area contributed by atoms with Crippen molar-refractivity contribution in [3.8, 4) is 0 Å². The fraction of sp³-hybridized carbons (Fsp3) is 0.133. The van der Waals surface area contributed by atoms with Crippen molar-refractivity contribution in [1.29, 1.82) is 0 Å². The predicted molar refractivity (Wildman–Crippen MR) is 84.7 cm³/mol. The van der Waals surface area contributed by atoms with Gasteiger partial charge in [-0.15, -0.1) is 0 Å². The van der Waals surface area contributed by atoms with Gasteiger partial charge in [0.1, 0.15) is 0 Å². The third kappa shape index (κ3) is 3.46. The molecule has 0 aliphatic carbocycles. The van der Waals surface area contributed by atoms with Gasteiger partial charge >= 0.3 is 0 Å². The van der Waals surface area contributed by atoms with Crippen LogP contribution in [-0.2, 0) is 0 Å². The van der Waals surface area contributed by atoms with Gasteiger partial charge in [-0.25, -0.2) is 0 Å². The lowest BCUT2D eigenvalue weighted by Crippen LogP contribution is -2.14. The molecule has 21 heavy (non-hydrogen) atoms. The molecule has 0 radical (unpaired) electrons. The molecular formula is C15H13BrN2O3. The Hall–Kier alpha value is -2.21. The van der Waals surface area contributed by atoms with E-state index < -0.39 is 4.92 Å². The van der Waals surface area contributed by atoms with Gasteiger partial charge in [-0.1, -0.05) is 22.0 Å². The van der Waals surface area contributed by atoms with Crippen LogP contribution in [0.2, 0.25) is 0 Å². The second-order valence-electron chi connectivity index (χ2n) is 4.67. The monoisotopic (exact) mass is 348 g/mol. The van der Waals surface area contributed by atoms with Crippen LogP contribution < -0.4 is 5.32 Å². The van der Waals surface area contributed by atoms with Gasteiger partial charge in [-0.3, -0.25) is 14.9 Å². The van der Waals surface area contributed by atoms with Crippen LogP contribution in [0.1, 0.15) is 21.5 Å². The summed E-state index contributed by atoms with van der Waals surface area (Å²) in [7, 11) is 0. The van der Waals surface area contributed by atoms with E-state index in [4.69, 9.17) is 0 Å². The third-order valence-electron chi connectivity index (χ3n) is 3.11. The predicted octanol–water partition coefficient (Wildman–Crippen LogP) is 4.23. The molecule has 0 saturated carbocycles. The first kappa shape index (κ1) is 15.2. The average molecular weight is 349 g/mol. The number of hydrogen-bond donors (Lipinski definition) is 1. The Morgan fingerprint density at radius 2 is 1.86 bits per heavy atom. The molecule has 0 fully saturated rings. The molecule has 0 aliphatic rings. The summed E-state index contributed by atoms with van der Waals surface area (Å²) in [5.74, 6) is -0.288. The first-order chi connectivity index (χ1) is 9.88. The van der Waals surface area contributed by atoms with E-state index >= 15 is 0 Å². The Morgan fingerprint density at radius 3 is 2.48 bits per heavy atom. The molecule has 0 aromatic heterocycles. The molecule has 1 N–H and O–H groups in total. The molecule has 5 nitrogen and oxygen atoms in total. The summed E-state index contributed by atoms with van der Waals surface area (Å²) in [5, 5.41) is 13.5. The number of halogens is 1. The van der Waals surface area contributed by atoms with Crippen LogP contribution in [0.3, 0.4) is 0 Å². The van der Waals surface area contributed by atoms with Crippen LogP contribution in [0, 0.1) is 24.0 Å². The van der Waals surface area contributed by atoms with Gasteiger partial charge in [0.15, 0.2) is 0 Å². The Labute approximate surface area is 130 Å². The van der Waals surface area contributed by atoms with E-state index in [-0.39, 0.29) is 11.6 Å². The summed E-state index contributed by atoms with van der Waals surface area (Å²) < 4.78 is 0.865. The molecule has 1 amide bonds. The zero-order chi connectivity index (χ0) is 15.6. The number of nitrogens with zero attached hydrogens (tertiary/aromatic N) is 1. The van der Waals surface area contributed by atoms with Crippen molar-refractivity contribution in [2.45, 2.75) is 13.8 Å². The van der Waals surface area contributed by atoms with Crippen LogP contribution in [-0.4, -0.2) is 10.8 Å². The summed E-state index contributed by atoms with van der Waals surface area (Å²) in [6.45, 7) is 3.57. The van der Waals surface area contributed by atoms with Gasteiger partial charge in [0.05, 0.1) is 4.92 Å². The van der Waals surface area contributed by atoms with E-state index in [2.05, 4.69) is 21.2 Å². The van der Waals surface area contributed by atoms with Gasteiger partial charge < -0.3 is 5.32 Å². The quantitative estimate of drug-likeness (QED) is 0.666. The van der Waals surface area contributed by atoms with E-state index in [1.165, 1.54) is 18.2 Å². The zero-order valence-corrected chi connectivity index (χ0v) is 13.1. The molecule has 2 aromatic carbocycles. The van der Waals surface area contributed by atoms with Crippen molar-refractivity contribution in [3.63, 3.8) is 0 Å². The van der Waals surface area contributed by atoms with Crippen molar-refractivity contribution in [2.24, 2.45) is 0 Å². The number of hydrogen-bond acceptors (Lipinski definition) is 3. The van der Waals surface area contributed by atoms with Gasteiger partial charge in [0.2, 0.25) is 0 Å². The average Bonchev–Trinajstić information content (AvgIpc) is 2.42. The van der Waals surface area contributed by atoms with Crippen LogP contribution in [0.5, 0.6) is 0 Å². The minimum Gasteiger partial charge on any atom is -0.322 e. The molecular weight excluding hydrogens is 336 g/mol. The van der Waals surface area contributed by atoms with Crippen molar-refractivity contribution in [1.82, 2.24) is 0 Å². The van der Waals surface area contributed by atoms with Crippen LogP contribution in [0.25, 0.3) is 0 Å². The highest BCUT2D eigenvalue weighted by Gasteiger charge is 2.14. The molecule has 0 saturated heterocycles. The standard InChI is InChI=1S/C15H13BrN2O3/c1-9-3-4-11(16)8-14(9)17-15(19)13-6-5-12(18(20)21)7-10(13)2/h3-8H,1-2H3,(H,17,19). The molecule has 0 spiro atoms. The second-order valence-corrected chi connectivity index (χ2v) is 5.59. The molecule has 0 aliphatic heterocycles. The normalized spacial score (nSPS) is 10.2. The Balaban J connectivity index is 2.28. The van der Waals surface area contributed by atoms with Crippen LogP contribution in [0.15, 0.2) is 40.9 Å². The molecule has 2 aromatic rings. The number of nitro groups is 1. The maximum Gasteiger partial charge on any atom is 0.269 e. The number of benzene rings is 2. The van der Waals surface area contributed by atoms with E-state index in [1.54, 1.807) is 6.92 Å². The summed E-state index contributed by atoms with van der Waals surface area (Å²) in [6, 6.07) is 9.78. The maximum absolute atomic E-state index is 12.3. The number of aryl methyl sites for hydroxylation is 2. The largest absolute Gasteiger partial charge is 0.322 e. The second kappa shape index (κ2) is 6.05. The lowest BCUT2D eigenvalue weighted by atomic mass is 10.1. The van der Waals surface area contributed by atoms with E-state index in [0.29, 0.717) is 16.8 Å². The maximum atomic E-state index is 12.3. The fourth-order valence-electron chi connectivity index (χ4n) is 1.93. The Morgan fingerprint density at radius 1 is 1.14 bits per heavy atom. The molecule has 0 atom stereocenters. The third-order valence-corrected chi connectivity index (χ3v) is 3.61. The SMILES string of the molecule is Cc1ccc(Br)cc1NC(=O)c1ccc([N+](=O)[O-])cc1C. The summed E-state index contributed by atoms with van der Waals surface area (Å²) in [4.78, 5) is 22.5. The smallest absolute Gasteiger partial charge is 0.269 e. The molecule has 0 heterocycles. The van der Waals surface area contributed by atoms with E-state index in [1.807, 2.05) is 25.1 Å². The van der Waals surface area contributed by atoms with Crippen molar-refractivity contribution in [3.05, 3.63) is 67.7 Å². The van der Waals surface area contributed by atoms with E-state index in [9.17, 15) is 14.9 Å². The minimum atomic E-state index is -0.479. The molecule has 6 heteroatoms. The number of carbonyl (C=O) groups excluding carboxylic acids is 1. The van der Waals surface area contributed by atoms with Gasteiger partial charge in [0.25, 0.3) is 11.6 Å². The highest BCUT2D eigenvalue weighted by molar-refractivity contribution is 9.10. The summed E-state index contributed by atoms with van der Waals surface area (Å²) in [6.07, 6.45) is 0. The van der Waals surface area contributed by atoms with E-state index in [0.717, 1.165) is 10.0 Å². The van der Waals surface area contributed by atoms with Crippen LogP contribution in [0.4, 0.5) is 11.4 Å². The number of anilines is 1. The lowest BCUT2D eigenvalue weighted by molar-refractivity contribution is -0.384. The van der Waals surface area contributed by atoms with Crippen molar-refractivity contribution >= 4 is 33.2 Å². The first-order valence-electron chi connectivity index (χ1n) is 6.21. The van der Waals surface area contributed by atoms with Crippen LogP contribution >= 0.6 is 15.9 Å². The number of amides is 1. The summed E-state index contributed by atoms with van der Waals surface area (Å²) >= 11 is 3.36. The highest BCUT2D eigenvalue weighted by atomic mass is 79.9. The highest BCUT2D eigenvalue weighted by Crippen LogP contribution is 2.23. The number of nitro benzene ring substituents is 1. The molecule has 108 valence electrons. The molecule has 0 bridgehead atoms. The number of rotatable bonds is 3. The number of nitrogens with one attached hydrogen (secondary N) is 1. The topological polar surface area (TPSA) is 72.2 Å². The molecule has 0 unspecified atom stereocenters. The van der Waals surface area contributed by atoms with Gasteiger partial charge in [0, 0.05) is 27.9 Å². The van der Waals surface area contributed by atoms with Gasteiger partial charge in [-0.05, 0) is 43.2 Å².